The summed E-state index contributed by atoms with van der Waals surface area (Å²) in [5.74, 6) is -0.00167. The third-order valence-electron chi connectivity index (χ3n) is 3.15. The van der Waals surface area contributed by atoms with Gasteiger partial charge in [0, 0.05) is 23.6 Å². The summed E-state index contributed by atoms with van der Waals surface area (Å²) in [7, 11) is 1.65. The Balaban J connectivity index is 4.55. The maximum atomic E-state index is 11.9. The molecule has 0 heterocycles. The van der Waals surface area contributed by atoms with Gasteiger partial charge in [-0.3, -0.25) is 4.79 Å². The van der Waals surface area contributed by atoms with Crippen molar-refractivity contribution in [3.8, 4) is 0 Å². The topological polar surface area (TPSA) is 47.6 Å². The molecule has 0 aromatic heterocycles. The van der Waals surface area contributed by atoms with Crippen molar-refractivity contribution in [2.75, 3.05) is 26.9 Å². The van der Waals surface area contributed by atoms with Gasteiger partial charge in [-0.05, 0) is 18.6 Å². The van der Waals surface area contributed by atoms with E-state index in [4.69, 9.17) is 9.47 Å². The number of hydrogen-bond donors (Lipinski definition) is 1. The molecule has 0 aromatic rings. The van der Waals surface area contributed by atoms with Gasteiger partial charge in [0.25, 0.3) is 0 Å². The van der Waals surface area contributed by atoms with E-state index < -0.39 is 5.41 Å². The van der Waals surface area contributed by atoms with Crippen LogP contribution in [-0.2, 0) is 14.3 Å². The molecule has 0 saturated heterocycles. The molecule has 0 rings (SSSR count). The molecule has 21 heavy (non-hydrogen) atoms. The van der Waals surface area contributed by atoms with Gasteiger partial charge < -0.3 is 14.8 Å². The maximum Gasteiger partial charge on any atom is 0.229 e. The van der Waals surface area contributed by atoms with Crippen LogP contribution >= 0.6 is 0 Å². The van der Waals surface area contributed by atoms with E-state index in [1.165, 1.54) is 0 Å². The molecule has 0 bridgehead atoms. The summed E-state index contributed by atoms with van der Waals surface area (Å²) in [6.45, 7) is 17.5. The van der Waals surface area contributed by atoms with Crippen LogP contribution in [0.15, 0.2) is 23.9 Å². The van der Waals surface area contributed by atoms with Gasteiger partial charge in [0.2, 0.25) is 5.91 Å². The first kappa shape index (κ1) is 19.9. The van der Waals surface area contributed by atoms with Crippen LogP contribution in [0.25, 0.3) is 0 Å². The Morgan fingerprint density at radius 2 is 1.76 bits per heavy atom. The molecular weight excluding hydrogens is 266 g/mol. The predicted octanol–water partition coefficient (Wildman–Crippen LogP) is 3.30. The summed E-state index contributed by atoms with van der Waals surface area (Å²) in [5.41, 5.74) is 1.12. The molecule has 122 valence electrons. The molecule has 0 aliphatic carbocycles. The lowest BCUT2D eigenvalue weighted by Gasteiger charge is -2.26. The first-order valence-electron chi connectivity index (χ1n) is 7.26. The molecule has 0 fully saturated rings. The van der Waals surface area contributed by atoms with Crippen LogP contribution in [0.5, 0.6) is 0 Å². The zero-order valence-electron chi connectivity index (χ0n) is 14.6. The normalized spacial score (nSPS) is 13.2. The van der Waals surface area contributed by atoms with Gasteiger partial charge in [0.1, 0.15) is 0 Å². The lowest BCUT2D eigenvalue weighted by Crippen LogP contribution is -2.33. The molecule has 0 radical (unpaired) electrons. The smallest absolute Gasteiger partial charge is 0.229 e. The molecule has 0 spiro atoms. The van der Waals surface area contributed by atoms with E-state index in [-0.39, 0.29) is 11.3 Å². The minimum Gasteiger partial charge on any atom is -0.382 e. The molecular formula is C17H31NO3. The number of amides is 1. The van der Waals surface area contributed by atoms with E-state index in [1.807, 2.05) is 33.8 Å². The Labute approximate surface area is 129 Å². The van der Waals surface area contributed by atoms with Crippen LogP contribution in [0.1, 0.15) is 41.5 Å². The van der Waals surface area contributed by atoms with Crippen LogP contribution in [0.4, 0.5) is 0 Å². The van der Waals surface area contributed by atoms with E-state index >= 15 is 0 Å². The van der Waals surface area contributed by atoms with Crippen molar-refractivity contribution in [2.24, 2.45) is 10.8 Å². The van der Waals surface area contributed by atoms with Crippen molar-refractivity contribution >= 4 is 5.91 Å². The number of methoxy groups -OCH3 is 1. The summed E-state index contributed by atoms with van der Waals surface area (Å²) >= 11 is 0. The number of allylic oxidation sites excluding steroid dienone is 2. The highest BCUT2D eigenvalue weighted by Crippen LogP contribution is 2.27. The average molecular weight is 297 g/mol. The molecule has 0 saturated carbocycles. The Bertz CT molecular complexity index is 389. The molecule has 0 aromatic carbocycles. The fourth-order valence-corrected chi connectivity index (χ4v) is 1.42. The standard InChI is InChI=1S/C17H31NO3/c1-13(17(6,7)12-21-10-9-20-8)11-14(2)18-15(19)16(3,4)5/h11H,1,9-10,12H2,2-8H3,(H,18,19)/b14-11+. The Morgan fingerprint density at radius 1 is 1.19 bits per heavy atom. The van der Waals surface area contributed by atoms with Crippen molar-refractivity contribution in [1.82, 2.24) is 5.32 Å². The number of nitrogens with one attached hydrogen (secondary N) is 1. The zero-order chi connectivity index (χ0) is 16.7. The minimum absolute atomic E-state index is 0.00167. The average Bonchev–Trinajstić information content (AvgIpc) is 2.33. The molecule has 0 aliphatic heterocycles. The van der Waals surface area contributed by atoms with Gasteiger partial charge in [-0.25, -0.2) is 0 Å². The number of carbonyl (C=O) groups excluding carboxylic acids is 1. The monoisotopic (exact) mass is 297 g/mol. The quantitative estimate of drug-likeness (QED) is 0.552. The second-order valence-corrected chi connectivity index (χ2v) is 6.99. The molecule has 4 heteroatoms. The second-order valence-electron chi connectivity index (χ2n) is 6.99. The van der Waals surface area contributed by atoms with Crippen molar-refractivity contribution < 1.29 is 14.3 Å². The summed E-state index contributed by atoms with van der Waals surface area (Å²) in [5, 5.41) is 2.90. The summed E-state index contributed by atoms with van der Waals surface area (Å²) in [6, 6.07) is 0. The van der Waals surface area contributed by atoms with E-state index in [0.29, 0.717) is 19.8 Å². The van der Waals surface area contributed by atoms with Crippen molar-refractivity contribution in [3.63, 3.8) is 0 Å². The van der Waals surface area contributed by atoms with Crippen LogP contribution in [0.3, 0.4) is 0 Å². The van der Waals surface area contributed by atoms with Crippen LogP contribution in [0, 0.1) is 10.8 Å². The molecule has 0 aliphatic rings. The van der Waals surface area contributed by atoms with Gasteiger partial charge in [-0.1, -0.05) is 41.2 Å². The summed E-state index contributed by atoms with van der Waals surface area (Å²) in [6.07, 6.45) is 1.91. The van der Waals surface area contributed by atoms with Crippen LogP contribution in [-0.4, -0.2) is 32.8 Å². The second kappa shape index (κ2) is 8.35. The maximum absolute atomic E-state index is 11.9. The minimum atomic E-state index is -0.408. The van der Waals surface area contributed by atoms with Crippen LogP contribution in [0.2, 0.25) is 0 Å². The summed E-state index contributed by atoms with van der Waals surface area (Å²) < 4.78 is 10.5. The molecule has 0 unspecified atom stereocenters. The highest BCUT2D eigenvalue weighted by Gasteiger charge is 2.23. The van der Waals surface area contributed by atoms with Gasteiger partial charge in [-0.15, -0.1) is 0 Å². The summed E-state index contributed by atoms with van der Waals surface area (Å²) in [4.78, 5) is 11.9. The van der Waals surface area contributed by atoms with E-state index in [9.17, 15) is 4.79 Å². The SMILES string of the molecule is C=C(/C=C(\C)NC(=O)C(C)(C)C)C(C)(C)COCCOC. The van der Waals surface area contributed by atoms with Crippen LogP contribution < -0.4 is 5.32 Å². The van der Waals surface area contributed by atoms with E-state index in [0.717, 1.165) is 11.3 Å². The highest BCUT2D eigenvalue weighted by atomic mass is 16.5. The van der Waals surface area contributed by atoms with Gasteiger partial charge in [-0.2, -0.15) is 0 Å². The number of hydrogen-bond acceptors (Lipinski definition) is 3. The number of rotatable bonds is 8. The molecule has 0 atom stereocenters. The fraction of sp³-hybridized carbons (Fsp3) is 0.706. The molecule has 1 amide bonds. The Kier molecular flexibility index (Phi) is 7.90. The molecule has 1 N–H and O–H groups in total. The third-order valence-corrected chi connectivity index (χ3v) is 3.15. The van der Waals surface area contributed by atoms with Gasteiger partial charge >= 0.3 is 0 Å². The molecule has 4 nitrogen and oxygen atoms in total. The number of ether oxygens (including phenoxy) is 2. The highest BCUT2D eigenvalue weighted by molar-refractivity contribution is 5.82. The van der Waals surface area contributed by atoms with Gasteiger partial charge in [0.05, 0.1) is 19.8 Å². The van der Waals surface area contributed by atoms with E-state index in [2.05, 4.69) is 25.7 Å². The first-order valence-corrected chi connectivity index (χ1v) is 7.26. The largest absolute Gasteiger partial charge is 0.382 e. The van der Waals surface area contributed by atoms with Crippen molar-refractivity contribution in [1.29, 1.82) is 0 Å². The van der Waals surface area contributed by atoms with Gasteiger partial charge in [0.15, 0.2) is 0 Å². The third kappa shape index (κ3) is 8.02. The zero-order valence-corrected chi connectivity index (χ0v) is 14.6. The lowest BCUT2D eigenvalue weighted by molar-refractivity contribution is -0.127. The van der Waals surface area contributed by atoms with E-state index in [1.54, 1.807) is 7.11 Å². The predicted molar refractivity (Wildman–Crippen MR) is 87.0 cm³/mol. The van der Waals surface area contributed by atoms with Crippen molar-refractivity contribution in [3.05, 3.63) is 23.9 Å². The lowest BCUT2D eigenvalue weighted by atomic mass is 9.85. The Morgan fingerprint density at radius 3 is 2.24 bits per heavy atom. The first-order chi connectivity index (χ1) is 9.50. The Hall–Kier alpha value is -1.13. The number of carbonyl (C=O) groups is 1. The fourth-order valence-electron chi connectivity index (χ4n) is 1.42. The van der Waals surface area contributed by atoms with Crippen molar-refractivity contribution in [2.45, 2.75) is 41.5 Å².